The van der Waals surface area contributed by atoms with Crippen molar-refractivity contribution < 1.29 is 14.3 Å². The Morgan fingerprint density at radius 3 is 2.74 bits per heavy atom. The lowest BCUT2D eigenvalue weighted by molar-refractivity contribution is -0.137. The number of anilines is 2. The first-order chi connectivity index (χ1) is 9.11. The lowest BCUT2D eigenvalue weighted by Crippen LogP contribution is -2.06. The maximum atomic E-state index is 11.0. The molecule has 0 saturated carbocycles. The second-order valence-electron chi connectivity index (χ2n) is 3.80. The van der Waals surface area contributed by atoms with Gasteiger partial charge in [0, 0.05) is 30.9 Å². The van der Waals surface area contributed by atoms with Gasteiger partial charge >= 0.3 is 5.97 Å². The van der Waals surface area contributed by atoms with E-state index in [1.165, 1.54) is 13.0 Å². The van der Waals surface area contributed by atoms with E-state index in [0.29, 0.717) is 13.2 Å². The molecule has 0 fully saturated rings. The fraction of sp³-hybridized carbons (Fsp3) is 0.286. The molecule has 0 saturated heterocycles. The SMILES string of the molecule is CCOC(=O)/C=C/CNc1cccc(NC(C)=O)c1. The molecule has 0 spiro atoms. The smallest absolute Gasteiger partial charge is 0.330 e. The highest BCUT2D eigenvalue weighted by Crippen LogP contribution is 2.14. The molecule has 2 N–H and O–H groups in total. The number of nitrogens with one attached hydrogen (secondary N) is 2. The second kappa shape index (κ2) is 7.92. The number of carbonyl (C=O) groups excluding carboxylic acids is 2. The highest BCUT2D eigenvalue weighted by molar-refractivity contribution is 5.89. The summed E-state index contributed by atoms with van der Waals surface area (Å²) in [5.74, 6) is -0.462. The van der Waals surface area contributed by atoms with E-state index < -0.39 is 0 Å². The third kappa shape index (κ3) is 6.26. The van der Waals surface area contributed by atoms with Gasteiger partial charge in [-0.2, -0.15) is 0 Å². The van der Waals surface area contributed by atoms with Crippen molar-refractivity contribution in [2.45, 2.75) is 13.8 Å². The minimum atomic E-state index is -0.351. The number of hydrogen-bond acceptors (Lipinski definition) is 4. The molecule has 0 heterocycles. The predicted octanol–water partition coefficient (Wildman–Crippen LogP) is 2.18. The molecule has 5 heteroatoms. The normalized spacial score (nSPS) is 10.2. The average Bonchev–Trinajstić information content (AvgIpc) is 2.35. The summed E-state index contributed by atoms with van der Waals surface area (Å²) in [6.07, 6.45) is 3.07. The van der Waals surface area contributed by atoms with E-state index in [2.05, 4.69) is 10.6 Å². The number of hydrogen-bond donors (Lipinski definition) is 2. The van der Waals surface area contributed by atoms with Gasteiger partial charge in [0.15, 0.2) is 0 Å². The maximum Gasteiger partial charge on any atom is 0.330 e. The summed E-state index contributed by atoms with van der Waals surface area (Å²) < 4.78 is 4.76. The summed E-state index contributed by atoms with van der Waals surface area (Å²) in [6.45, 7) is 4.09. The molecule has 1 aromatic carbocycles. The van der Waals surface area contributed by atoms with Crippen molar-refractivity contribution in [1.82, 2.24) is 0 Å². The Hall–Kier alpha value is -2.30. The Kier molecular flexibility index (Phi) is 6.15. The molecule has 0 aliphatic heterocycles. The van der Waals surface area contributed by atoms with Gasteiger partial charge in [-0.15, -0.1) is 0 Å². The van der Waals surface area contributed by atoms with Crippen LogP contribution in [0.3, 0.4) is 0 Å². The largest absolute Gasteiger partial charge is 0.463 e. The van der Waals surface area contributed by atoms with Crippen LogP contribution >= 0.6 is 0 Å². The molecule has 0 aromatic heterocycles. The Balaban J connectivity index is 2.45. The fourth-order valence-corrected chi connectivity index (χ4v) is 1.43. The Morgan fingerprint density at radius 1 is 1.32 bits per heavy atom. The molecular weight excluding hydrogens is 244 g/mol. The van der Waals surface area contributed by atoms with Crippen LogP contribution in [0.2, 0.25) is 0 Å². The first-order valence-corrected chi connectivity index (χ1v) is 6.06. The van der Waals surface area contributed by atoms with Gasteiger partial charge < -0.3 is 15.4 Å². The molecule has 0 unspecified atom stereocenters. The summed E-state index contributed by atoms with van der Waals surface area (Å²) in [5, 5.41) is 5.81. The van der Waals surface area contributed by atoms with Gasteiger partial charge in [0.1, 0.15) is 0 Å². The van der Waals surface area contributed by atoms with E-state index in [9.17, 15) is 9.59 Å². The molecule has 1 rings (SSSR count). The molecule has 19 heavy (non-hydrogen) atoms. The number of benzene rings is 1. The molecule has 1 amide bonds. The Bertz CT molecular complexity index is 470. The maximum absolute atomic E-state index is 11.0. The van der Waals surface area contributed by atoms with Crippen LogP contribution in [0.15, 0.2) is 36.4 Å². The van der Waals surface area contributed by atoms with Gasteiger partial charge in [-0.05, 0) is 25.1 Å². The summed E-state index contributed by atoms with van der Waals surface area (Å²) in [4.78, 5) is 22.0. The third-order valence-corrected chi connectivity index (χ3v) is 2.15. The molecule has 0 aliphatic rings. The van der Waals surface area contributed by atoms with E-state index in [1.807, 2.05) is 18.2 Å². The standard InChI is InChI=1S/C14H18N2O3/c1-3-19-14(18)8-5-9-15-12-6-4-7-13(10-12)16-11(2)17/h4-8,10,15H,3,9H2,1-2H3,(H,16,17)/b8-5+. The summed E-state index contributed by atoms with van der Waals surface area (Å²) in [5.41, 5.74) is 1.59. The van der Waals surface area contributed by atoms with Crippen LogP contribution < -0.4 is 10.6 Å². The zero-order chi connectivity index (χ0) is 14.1. The minimum absolute atomic E-state index is 0.112. The number of ether oxygens (including phenoxy) is 1. The average molecular weight is 262 g/mol. The molecule has 102 valence electrons. The second-order valence-corrected chi connectivity index (χ2v) is 3.80. The van der Waals surface area contributed by atoms with Crippen molar-refractivity contribution >= 4 is 23.3 Å². The molecule has 1 aromatic rings. The van der Waals surface area contributed by atoms with Gasteiger partial charge in [-0.3, -0.25) is 4.79 Å². The quantitative estimate of drug-likeness (QED) is 0.609. The van der Waals surface area contributed by atoms with Crippen molar-refractivity contribution in [3.8, 4) is 0 Å². The van der Waals surface area contributed by atoms with Crippen molar-refractivity contribution in [1.29, 1.82) is 0 Å². The van der Waals surface area contributed by atoms with Gasteiger partial charge in [0.2, 0.25) is 5.91 Å². The van der Waals surface area contributed by atoms with E-state index in [4.69, 9.17) is 4.74 Å². The lowest BCUT2D eigenvalue weighted by Gasteiger charge is -2.06. The molecule has 5 nitrogen and oxygen atoms in total. The lowest BCUT2D eigenvalue weighted by atomic mass is 10.2. The first-order valence-electron chi connectivity index (χ1n) is 6.06. The number of rotatable bonds is 6. The highest BCUT2D eigenvalue weighted by Gasteiger charge is 1.97. The van der Waals surface area contributed by atoms with Crippen LogP contribution in [0.5, 0.6) is 0 Å². The van der Waals surface area contributed by atoms with Crippen LogP contribution in [0.25, 0.3) is 0 Å². The number of esters is 1. The van der Waals surface area contributed by atoms with E-state index in [1.54, 1.807) is 19.1 Å². The summed E-state index contributed by atoms with van der Waals surface area (Å²) in [7, 11) is 0. The monoisotopic (exact) mass is 262 g/mol. The van der Waals surface area contributed by atoms with Crippen LogP contribution in [0.1, 0.15) is 13.8 Å². The number of amides is 1. The number of carbonyl (C=O) groups is 2. The third-order valence-electron chi connectivity index (χ3n) is 2.15. The molecular formula is C14H18N2O3. The highest BCUT2D eigenvalue weighted by atomic mass is 16.5. The van der Waals surface area contributed by atoms with Crippen molar-refractivity contribution in [3.05, 3.63) is 36.4 Å². The minimum Gasteiger partial charge on any atom is -0.463 e. The Labute approximate surface area is 112 Å². The van der Waals surface area contributed by atoms with Crippen molar-refractivity contribution in [2.24, 2.45) is 0 Å². The topological polar surface area (TPSA) is 67.4 Å². The van der Waals surface area contributed by atoms with Crippen LogP contribution in [-0.4, -0.2) is 25.0 Å². The Morgan fingerprint density at radius 2 is 2.05 bits per heavy atom. The van der Waals surface area contributed by atoms with Gasteiger partial charge in [0.05, 0.1) is 6.61 Å². The first kappa shape index (κ1) is 14.8. The van der Waals surface area contributed by atoms with E-state index in [-0.39, 0.29) is 11.9 Å². The van der Waals surface area contributed by atoms with Crippen LogP contribution in [0, 0.1) is 0 Å². The van der Waals surface area contributed by atoms with E-state index in [0.717, 1.165) is 11.4 Å². The molecule has 0 bridgehead atoms. The van der Waals surface area contributed by atoms with Crippen LogP contribution in [-0.2, 0) is 14.3 Å². The van der Waals surface area contributed by atoms with Gasteiger partial charge in [-0.1, -0.05) is 12.1 Å². The summed E-state index contributed by atoms with van der Waals surface area (Å²) >= 11 is 0. The molecule has 0 radical (unpaired) electrons. The zero-order valence-corrected chi connectivity index (χ0v) is 11.1. The predicted molar refractivity (Wildman–Crippen MR) is 75.0 cm³/mol. The van der Waals surface area contributed by atoms with Gasteiger partial charge in [-0.25, -0.2) is 4.79 Å². The van der Waals surface area contributed by atoms with Gasteiger partial charge in [0.25, 0.3) is 0 Å². The molecule has 0 atom stereocenters. The fourth-order valence-electron chi connectivity index (χ4n) is 1.43. The van der Waals surface area contributed by atoms with Crippen LogP contribution in [0.4, 0.5) is 11.4 Å². The zero-order valence-electron chi connectivity index (χ0n) is 11.1. The van der Waals surface area contributed by atoms with Crippen molar-refractivity contribution in [3.63, 3.8) is 0 Å². The molecule has 0 aliphatic carbocycles. The van der Waals surface area contributed by atoms with E-state index >= 15 is 0 Å². The van der Waals surface area contributed by atoms with Crippen molar-refractivity contribution in [2.75, 3.05) is 23.8 Å². The summed E-state index contributed by atoms with van der Waals surface area (Å²) in [6, 6.07) is 7.34.